The van der Waals surface area contributed by atoms with Crippen LogP contribution in [0.1, 0.15) is 23.3 Å². The molecule has 0 aliphatic heterocycles. The number of benzene rings is 2. The molecular weight excluding hydrogens is 401 g/mol. The lowest BCUT2D eigenvalue weighted by Crippen LogP contribution is -2.20. The van der Waals surface area contributed by atoms with E-state index in [1.54, 1.807) is 11.3 Å². The van der Waals surface area contributed by atoms with Crippen molar-refractivity contribution in [1.82, 2.24) is 9.97 Å². The Balaban J connectivity index is 1.42. The number of nitrogens with zero attached hydrogens (tertiary/aromatic N) is 1. The Bertz CT molecular complexity index is 1180. The van der Waals surface area contributed by atoms with Crippen molar-refractivity contribution >= 4 is 33.3 Å². The number of H-pyrrole nitrogens is 1. The summed E-state index contributed by atoms with van der Waals surface area (Å²) in [4.78, 5) is 22.1. The number of rotatable bonds is 5. The number of para-hydroxylation sites is 2. The number of ether oxygens (including phenoxy) is 1. The third-order valence-corrected chi connectivity index (χ3v) is 6.44. The van der Waals surface area contributed by atoms with Crippen LogP contribution in [-0.4, -0.2) is 22.5 Å². The van der Waals surface area contributed by atoms with E-state index >= 15 is 0 Å². The number of imidazole rings is 1. The highest BCUT2D eigenvalue weighted by atomic mass is 32.1. The third kappa shape index (κ3) is 3.68. The van der Waals surface area contributed by atoms with Crippen LogP contribution in [0, 0.1) is 5.82 Å². The number of aromatic nitrogens is 2. The molecule has 2 aromatic carbocycles. The van der Waals surface area contributed by atoms with E-state index in [0.717, 1.165) is 53.1 Å². The Kier molecular flexibility index (Phi) is 4.96. The third-order valence-electron chi connectivity index (χ3n) is 5.23. The molecule has 5 rings (SSSR count). The molecule has 0 saturated heterocycles. The minimum absolute atomic E-state index is 0.145. The zero-order valence-electron chi connectivity index (χ0n) is 16.2. The molecule has 2 N–H and O–H groups in total. The molecule has 1 aliphatic rings. The van der Waals surface area contributed by atoms with Gasteiger partial charge in [-0.15, -0.1) is 11.3 Å². The summed E-state index contributed by atoms with van der Waals surface area (Å²) in [5.74, 6) is 0.640. The van der Waals surface area contributed by atoms with Crippen LogP contribution in [0.15, 0.2) is 48.5 Å². The lowest BCUT2D eigenvalue weighted by Gasteiger charge is -2.12. The van der Waals surface area contributed by atoms with Crippen molar-refractivity contribution in [3.05, 3.63) is 64.8 Å². The first-order chi connectivity index (χ1) is 14.7. The number of carbonyl (C=O) groups is 1. The van der Waals surface area contributed by atoms with Gasteiger partial charge < -0.3 is 15.0 Å². The normalized spacial score (nSPS) is 13.2. The summed E-state index contributed by atoms with van der Waals surface area (Å²) >= 11 is 1.62. The maximum Gasteiger partial charge on any atom is 0.262 e. The van der Waals surface area contributed by atoms with Crippen molar-refractivity contribution in [2.24, 2.45) is 0 Å². The number of amides is 1. The number of hydrogen-bond donors (Lipinski definition) is 2. The van der Waals surface area contributed by atoms with Crippen molar-refractivity contribution in [2.75, 3.05) is 11.9 Å². The Morgan fingerprint density at radius 2 is 1.93 bits per heavy atom. The lowest BCUT2D eigenvalue weighted by atomic mass is 9.95. The van der Waals surface area contributed by atoms with Crippen molar-refractivity contribution in [3.8, 4) is 17.1 Å². The summed E-state index contributed by atoms with van der Waals surface area (Å²) in [6.45, 7) is -0.145. The maximum absolute atomic E-state index is 13.0. The topological polar surface area (TPSA) is 67.0 Å². The summed E-state index contributed by atoms with van der Waals surface area (Å²) in [5, 5.41) is 3.81. The first kappa shape index (κ1) is 18.8. The van der Waals surface area contributed by atoms with Gasteiger partial charge in [0, 0.05) is 4.88 Å². The van der Waals surface area contributed by atoms with Crippen LogP contribution in [0.4, 0.5) is 9.39 Å². The molecule has 30 heavy (non-hydrogen) atoms. The van der Waals surface area contributed by atoms with Gasteiger partial charge in [-0.2, -0.15) is 0 Å². The highest BCUT2D eigenvalue weighted by Gasteiger charge is 2.25. The van der Waals surface area contributed by atoms with E-state index in [2.05, 4.69) is 10.3 Å². The number of fused-ring (bicyclic) bond motifs is 2. The Morgan fingerprint density at radius 1 is 1.13 bits per heavy atom. The quantitative estimate of drug-likeness (QED) is 0.458. The van der Waals surface area contributed by atoms with E-state index in [1.807, 2.05) is 24.3 Å². The molecule has 0 spiro atoms. The van der Waals surface area contributed by atoms with E-state index in [4.69, 9.17) is 9.72 Å². The van der Waals surface area contributed by atoms with E-state index in [-0.39, 0.29) is 18.3 Å². The van der Waals surface area contributed by atoms with E-state index < -0.39 is 0 Å². The van der Waals surface area contributed by atoms with Crippen LogP contribution in [0.3, 0.4) is 0 Å². The Labute approximate surface area is 176 Å². The van der Waals surface area contributed by atoms with E-state index in [9.17, 15) is 9.18 Å². The largest absolute Gasteiger partial charge is 0.484 e. The van der Waals surface area contributed by atoms with Crippen LogP contribution in [-0.2, 0) is 17.6 Å². The van der Waals surface area contributed by atoms with Gasteiger partial charge in [-0.3, -0.25) is 4.79 Å². The number of aryl methyl sites for hydroxylation is 1. The summed E-state index contributed by atoms with van der Waals surface area (Å²) in [6, 6.07) is 13.5. The lowest BCUT2D eigenvalue weighted by molar-refractivity contribution is -0.118. The predicted octanol–water partition coefficient (Wildman–Crippen LogP) is 5.33. The zero-order chi connectivity index (χ0) is 20.5. The van der Waals surface area contributed by atoms with Gasteiger partial charge in [0.1, 0.15) is 22.4 Å². The van der Waals surface area contributed by atoms with Crippen LogP contribution in [0.5, 0.6) is 5.75 Å². The number of aromatic amines is 1. The summed E-state index contributed by atoms with van der Waals surface area (Å²) in [6.07, 6.45) is 4.31. The molecule has 0 unspecified atom stereocenters. The molecule has 5 nitrogen and oxygen atoms in total. The van der Waals surface area contributed by atoms with Crippen molar-refractivity contribution in [3.63, 3.8) is 0 Å². The molecule has 2 aromatic heterocycles. The molecule has 2 heterocycles. The van der Waals surface area contributed by atoms with Crippen molar-refractivity contribution in [1.29, 1.82) is 0 Å². The standard InChI is InChI=1S/C23H20FN3O2S/c24-14-9-11-15(12-10-14)29-13-20(28)27-23-21(16-5-1-4-8-19(16)30-23)22-25-17-6-2-3-7-18(17)26-22/h2-3,6-7,9-12H,1,4-5,8,13H2,(H,25,26)(H,27,28). The van der Waals surface area contributed by atoms with Crippen LogP contribution >= 0.6 is 11.3 Å². The fourth-order valence-electron chi connectivity index (χ4n) is 3.82. The second-order valence-electron chi connectivity index (χ2n) is 7.31. The molecule has 0 atom stereocenters. The van der Waals surface area contributed by atoms with Gasteiger partial charge in [0.15, 0.2) is 6.61 Å². The monoisotopic (exact) mass is 421 g/mol. The van der Waals surface area contributed by atoms with Crippen LogP contribution in [0.2, 0.25) is 0 Å². The molecule has 1 amide bonds. The predicted molar refractivity (Wildman–Crippen MR) is 117 cm³/mol. The average Bonchev–Trinajstić information content (AvgIpc) is 3.33. The maximum atomic E-state index is 13.0. The highest BCUT2D eigenvalue weighted by molar-refractivity contribution is 7.17. The number of halogens is 1. The summed E-state index contributed by atoms with van der Waals surface area (Å²) < 4.78 is 18.5. The molecule has 0 saturated carbocycles. The fourth-order valence-corrected chi connectivity index (χ4v) is 5.12. The Hall–Kier alpha value is -3.19. The number of anilines is 1. The second-order valence-corrected chi connectivity index (χ2v) is 8.41. The van der Waals surface area contributed by atoms with E-state index in [1.165, 1.54) is 34.7 Å². The molecule has 4 aromatic rings. The van der Waals surface area contributed by atoms with Gasteiger partial charge in [0.2, 0.25) is 0 Å². The first-order valence-electron chi connectivity index (χ1n) is 9.95. The summed E-state index contributed by atoms with van der Waals surface area (Å²) in [7, 11) is 0. The summed E-state index contributed by atoms with van der Waals surface area (Å²) in [5.41, 5.74) is 4.14. The van der Waals surface area contributed by atoms with Gasteiger partial charge in [-0.25, -0.2) is 9.37 Å². The fraction of sp³-hybridized carbons (Fsp3) is 0.217. The van der Waals surface area contributed by atoms with Crippen LogP contribution in [0.25, 0.3) is 22.4 Å². The molecule has 152 valence electrons. The smallest absolute Gasteiger partial charge is 0.262 e. The average molecular weight is 421 g/mol. The number of nitrogens with one attached hydrogen (secondary N) is 2. The SMILES string of the molecule is O=C(COc1ccc(F)cc1)Nc1sc2c(c1-c1nc3ccccc3[nH]1)CCCC2. The van der Waals surface area contributed by atoms with E-state index in [0.29, 0.717) is 5.75 Å². The highest BCUT2D eigenvalue weighted by Crippen LogP contribution is 2.43. The van der Waals surface area contributed by atoms with Gasteiger partial charge in [0.25, 0.3) is 5.91 Å². The van der Waals surface area contributed by atoms with Gasteiger partial charge in [-0.1, -0.05) is 12.1 Å². The second kappa shape index (κ2) is 7.91. The van der Waals surface area contributed by atoms with Crippen molar-refractivity contribution < 1.29 is 13.9 Å². The zero-order valence-corrected chi connectivity index (χ0v) is 17.0. The molecule has 0 bridgehead atoms. The number of thiophene rings is 1. The minimum atomic E-state index is -0.341. The molecule has 0 fully saturated rings. The van der Waals surface area contributed by atoms with Gasteiger partial charge >= 0.3 is 0 Å². The molecule has 1 aliphatic carbocycles. The molecular formula is C23H20FN3O2S. The number of hydrogen-bond acceptors (Lipinski definition) is 4. The first-order valence-corrected chi connectivity index (χ1v) is 10.8. The Morgan fingerprint density at radius 3 is 2.77 bits per heavy atom. The van der Waals surface area contributed by atoms with Gasteiger partial charge in [-0.05, 0) is 67.6 Å². The van der Waals surface area contributed by atoms with Crippen molar-refractivity contribution in [2.45, 2.75) is 25.7 Å². The number of carbonyl (C=O) groups excluding carboxylic acids is 1. The van der Waals surface area contributed by atoms with Crippen LogP contribution < -0.4 is 10.1 Å². The minimum Gasteiger partial charge on any atom is -0.484 e. The van der Waals surface area contributed by atoms with Gasteiger partial charge in [0.05, 0.1) is 16.6 Å². The molecule has 7 heteroatoms. The molecule has 0 radical (unpaired) electrons.